The predicted octanol–water partition coefficient (Wildman–Crippen LogP) is 2.30. The molecule has 0 N–H and O–H groups in total. The van der Waals surface area contributed by atoms with Gasteiger partial charge in [0.1, 0.15) is 16.9 Å². The van der Waals surface area contributed by atoms with Gasteiger partial charge in [-0.1, -0.05) is 0 Å². The Labute approximate surface area is 120 Å². The molecule has 0 amide bonds. The van der Waals surface area contributed by atoms with Crippen molar-refractivity contribution in [3.05, 3.63) is 23.7 Å². The Bertz CT molecular complexity index is 678. The quantitative estimate of drug-likeness (QED) is 0.857. The zero-order chi connectivity index (χ0) is 13.5. The molecule has 0 unspecified atom stereocenters. The molecule has 7 heteroatoms. The van der Waals surface area contributed by atoms with Crippen molar-refractivity contribution < 1.29 is 0 Å². The summed E-state index contributed by atoms with van der Waals surface area (Å²) in [5.41, 5.74) is 0.330. The molecule has 2 aromatic heterocycles. The lowest BCUT2D eigenvalue weighted by atomic mass is 10.4. The average molecular weight is 284 g/mol. The molecule has 0 spiro atoms. The molecular weight excluding hydrogens is 272 g/mol. The van der Waals surface area contributed by atoms with Crippen LogP contribution in [0.5, 0.6) is 0 Å². The van der Waals surface area contributed by atoms with E-state index in [9.17, 15) is 0 Å². The van der Waals surface area contributed by atoms with Gasteiger partial charge in [0.05, 0.1) is 0 Å². The highest BCUT2D eigenvalue weighted by Gasteiger charge is 2.36. The Morgan fingerprint density at radius 2 is 1.95 bits per heavy atom. The molecule has 2 aromatic rings. The van der Waals surface area contributed by atoms with Crippen molar-refractivity contribution in [3.8, 4) is 6.07 Å². The van der Waals surface area contributed by atoms with Crippen LogP contribution in [-0.2, 0) is 0 Å². The summed E-state index contributed by atoms with van der Waals surface area (Å²) in [6, 6.07) is 6.01. The first-order valence-electron chi connectivity index (χ1n) is 6.71. The fourth-order valence-corrected chi connectivity index (χ4v) is 3.01. The highest BCUT2D eigenvalue weighted by molar-refractivity contribution is 7.99. The van der Waals surface area contributed by atoms with E-state index in [0.29, 0.717) is 17.7 Å². The molecule has 0 aromatic carbocycles. The van der Waals surface area contributed by atoms with Crippen molar-refractivity contribution in [1.82, 2.24) is 25.0 Å². The van der Waals surface area contributed by atoms with Crippen LogP contribution in [0, 0.1) is 11.3 Å². The van der Waals surface area contributed by atoms with Crippen molar-refractivity contribution in [2.24, 2.45) is 0 Å². The molecule has 0 saturated heterocycles. The Morgan fingerprint density at radius 3 is 2.55 bits per heavy atom. The van der Waals surface area contributed by atoms with Crippen LogP contribution in [0.25, 0.3) is 0 Å². The third-order valence-corrected chi connectivity index (χ3v) is 4.38. The van der Waals surface area contributed by atoms with Crippen molar-refractivity contribution in [1.29, 1.82) is 5.26 Å². The first-order chi connectivity index (χ1) is 9.85. The van der Waals surface area contributed by atoms with Gasteiger partial charge in [0.15, 0.2) is 10.9 Å². The van der Waals surface area contributed by atoms with E-state index in [1.54, 1.807) is 12.1 Å². The third-order valence-electron chi connectivity index (χ3n) is 3.50. The lowest BCUT2D eigenvalue weighted by molar-refractivity contribution is 0.626. The Kier molecular flexibility index (Phi) is 2.70. The highest BCUT2D eigenvalue weighted by Crippen LogP contribution is 2.46. The molecule has 2 heterocycles. The number of hydrogen-bond donors (Lipinski definition) is 0. The summed E-state index contributed by atoms with van der Waals surface area (Å²) in [7, 11) is 0. The summed E-state index contributed by atoms with van der Waals surface area (Å²) in [6.45, 7) is 0. The van der Waals surface area contributed by atoms with Gasteiger partial charge in [0.25, 0.3) is 0 Å². The lowest BCUT2D eigenvalue weighted by Crippen LogP contribution is -2.02. The zero-order valence-corrected chi connectivity index (χ0v) is 11.5. The first kappa shape index (κ1) is 11.9. The second-order valence-electron chi connectivity index (χ2n) is 5.19. The molecule has 100 valence electrons. The molecule has 0 bridgehead atoms. The molecule has 2 aliphatic rings. The molecule has 0 aliphatic heterocycles. The van der Waals surface area contributed by atoms with E-state index in [-0.39, 0.29) is 0 Å². The zero-order valence-electron chi connectivity index (χ0n) is 10.7. The average Bonchev–Trinajstić information content (AvgIpc) is 3.39. The fourth-order valence-electron chi connectivity index (χ4n) is 2.18. The van der Waals surface area contributed by atoms with Crippen LogP contribution < -0.4 is 0 Å². The van der Waals surface area contributed by atoms with Crippen molar-refractivity contribution in [3.63, 3.8) is 0 Å². The summed E-state index contributed by atoms with van der Waals surface area (Å²) in [5, 5.41) is 26.9. The summed E-state index contributed by atoms with van der Waals surface area (Å²) >= 11 is 1.47. The van der Waals surface area contributed by atoms with Gasteiger partial charge >= 0.3 is 0 Å². The summed E-state index contributed by atoms with van der Waals surface area (Å²) < 4.78 is 2.28. The van der Waals surface area contributed by atoms with Gasteiger partial charge in [-0.3, -0.25) is 0 Å². The molecule has 0 radical (unpaired) electrons. The largest absolute Gasteiger partial charge is 0.302 e. The molecule has 4 rings (SSSR count). The lowest BCUT2D eigenvalue weighted by Gasteiger charge is -2.07. The molecule has 2 fully saturated rings. The van der Waals surface area contributed by atoms with E-state index < -0.39 is 0 Å². The maximum Gasteiger partial charge on any atom is 0.197 e. The first-order valence-corrected chi connectivity index (χ1v) is 7.53. The van der Waals surface area contributed by atoms with Crippen LogP contribution in [0.15, 0.2) is 22.3 Å². The standard InChI is InChI=1S/C13H12N6S/c14-7-9-3-6-11(16-15-9)20-13-18-17-12(8-1-2-8)19(13)10-4-5-10/h3,6,8,10H,1-2,4-5H2. The number of aromatic nitrogens is 5. The van der Waals surface area contributed by atoms with Gasteiger partial charge in [-0.2, -0.15) is 5.26 Å². The normalized spacial score (nSPS) is 17.9. The maximum absolute atomic E-state index is 8.73. The number of nitriles is 1. The molecule has 6 nitrogen and oxygen atoms in total. The highest BCUT2D eigenvalue weighted by atomic mass is 32.2. The van der Waals surface area contributed by atoms with E-state index in [1.165, 1.54) is 37.4 Å². The van der Waals surface area contributed by atoms with E-state index in [2.05, 4.69) is 25.0 Å². The minimum Gasteiger partial charge on any atom is -0.302 e. The van der Waals surface area contributed by atoms with Crippen molar-refractivity contribution in [2.75, 3.05) is 0 Å². The smallest absolute Gasteiger partial charge is 0.197 e. The van der Waals surface area contributed by atoms with E-state index in [1.807, 2.05) is 6.07 Å². The van der Waals surface area contributed by atoms with Crippen LogP contribution in [0.1, 0.15) is 49.2 Å². The molecule has 20 heavy (non-hydrogen) atoms. The van der Waals surface area contributed by atoms with Gasteiger partial charge in [-0.05, 0) is 49.6 Å². The number of hydrogen-bond acceptors (Lipinski definition) is 6. The Morgan fingerprint density at radius 1 is 1.10 bits per heavy atom. The predicted molar refractivity (Wildman–Crippen MR) is 71.1 cm³/mol. The SMILES string of the molecule is N#Cc1ccc(Sc2nnc(C3CC3)n2C2CC2)nn1. The molecule has 0 atom stereocenters. The fraction of sp³-hybridized carbons (Fsp3) is 0.462. The molecule has 2 saturated carbocycles. The van der Waals surface area contributed by atoms with Crippen LogP contribution >= 0.6 is 11.8 Å². The van der Waals surface area contributed by atoms with Gasteiger partial charge in [-0.25, -0.2) is 0 Å². The Hall–Kier alpha value is -1.94. The second kappa shape index (κ2) is 4.56. The number of rotatable bonds is 4. The van der Waals surface area contributed by atoms with Gasteiger partial charge < -0.3 is 4.57 Å². The third kappa shape index (κ3) is 2.16. The Balaban J connectivity index is 1.63. The molecular formula is C13H12N6S. The minimum atomic E-state index is 0.330. The van der Waals surface area contributed by atoms with Gasteiger partial charge in [0, 0.05) is 12.0 Å². The van der Waals surface area contributed by atoms with E-state index in [0.717, 1.165) is 16.0 Å². The summed E-state index contributed by atoms with van der Waals surface area (Å²) in [4.78, 5) is 0. The number of nitrogens with zero attached hydrogens (tertiary/aromatic N) is 6. The molecule has 2 aliphatic carbocycles. The van der Waals surface area contributed by atoms with Crippen LogP contribution in [0.2, 0.25) is 0 Å². The van der Waals surface area contributed by atoms with Gasteiger partial charge in [0.2, 0.25) is 0 Å². The second-order valence-corrected chi connectivity index (χ2v) is 6.17. The monoisotopic (exact) mass is 284 g/mol. The van der Waals surface area contributed by atoms with E-state index >= 15 is 0 Å². The maximum atomic E-state index is 8.73. The van der Waals surface area contributed by atoms with Crippen LogP contribution in [0.3, 0.4) is 0 Å². The summed E-state index contributed by atoms with van der Waals surface area (Å²) in [5.74, 6) is 1.74. The van der Waals surface area contributed by atoms with Gasteiger partial charge in [-0.15, -0.1) is 20.4 Å². The van der Waals surface area contributed by atoms with Crippen LogP contribution in [-0.4, -0.2) is 25.0 Å². The topological polar surface area (TPSA) is 80.3 Å². The van der Waals surface area contributed by atoms with Crippen molar-refractivity contribution in [2.45, 2.75) is 47.8 Å². The minimum absolute atomic E-state index is 0.330. The summed E-state index contributed by atoms with van der Waals surface area (Å²) in [6.07, 6.45) is 4.88. The van der Waals surface area contributed by atoms with Crippen molar-refractivity contribution >= 4 is 11.8 Å². The van der Waals surface area contributed by atoms with Crippen LogP contribution in [0.4, 0.5) is 0 Å². The van der Waals surface area contributed by atoms with E-state index in [4.69, 9.17) is 5.26 Å².